The van der Waals surface area contributed by atoms with E-state index in [1.54, 1.807) is 0 Å². The van der Waals surface area contributed by atoms with Crippen molar-refractivity contribution in [2.75, 3.05) is 13.1 Å². The molecular weight excluding hydrogens is 284 g/mol. The van der Waals surface area contributed by atoms with Gasteiger partial charge < -0.3 is 10.0 Å². The third-order valence-corrected chi connectivity index (χ3v) is 4.36. The molecule has 0 bridgehead atoms. The second kappa shape index (κ2) is 6.09. The van der Waals surface area contributed by atoms with E-state index in [9.17, 15) is 5.11 Å². The summed E-state index contributed by atoms with van der Waals surface area (Å²) >= 11 is 5.35. The summed E-state index contributed by atoms with van der Waals surface area (Å²) in [6, 6.07) is 8.25. The molecule has 0 saturated carbocycles. The van der Waals surface area contributed by atoms with Crippen LogP contribution in [0.25, 0.3) is 11.4 Å². The molecule has 1 aromatic heterocycles. The molecule has 3 rings (SSSR count). The van der Waals surface area contributed by atoms with Crippen LogP contribution >= 0.6 is 12.2 Å². The number of aryl methyl sites for hydroxylation is 1. The van der Waals surface area contributed by atoms with Gasteiger partial charge in [-0.1, -0.05) is 29.8 Å². The lowest BCUT2D eigenvalue weighted by atomic mass is 10.1. The van der Waals surface area contributed by atoms with E-state index in [0.717, 1.165) is 44.0 Å². The highest BCUT2D eigenvalue weighted by Crippen LogP contribution is 2.15. The van der Waals surface area contributed by atoms with Crippen LogP contribution in [0.3, 0.4) is 0 Å². The van der Waals surface area contributed by atoms with Crippen LogP contribution in [-0.2, 0) is 6.67 Å². The Labute approximate surface area is 129 Å². The second-order valence-corrected chi connectivity index (χ2v) is 6.15. The number of aliphatic hydroxyl groups excluding tert-OH is 1. The summed E-state index contributed by atoms with van der Waals surface area (Å²) in [5.74, 6) is 0.816. The highest BCUT2D eigenvalue weighted by atomic mass is 32.1. The molecule has 0 unspecified atom stereocenters. The number of quaternary nitrogens is 1. The first-order valence-electron chi connectivity index (χ1n) is 7.37. The number of nitrogens with zero attached hydrogens (tertiary/aromatic N) is 2. The summed E-state index contributed by atoms with van der Waals surface area (Å²) in [6.45, 7) is 4.80. The fourth-order valence-corrected chi connectivity index (χ4v) is 2.90. The van der Waals surface area contributed by atoms with Gasteiger partial charge in [-0.05, 0) is 19.1 Å². The molecule has 1 saturated heterocycles. The fraction of sp³-hybridized carbons (Fsp3) is 0.467. The maximum Gasteiger partial charge on any atom is 0.221 e. The van der Waals surface area contributed by atoms with E-state index in [0.29, 0.717) is 4.77 Å². The van der Waals surface area contributed by atoms with Gasteiger partial charge in [0.15, 0.2) is 12.5 Å². The normalized spacial score (nSPS) is 22.4. The van der Waals surface area contributed by atoms with Gasteiger partial charge in [-0.2, -0.15) is 4.98 Å². The first-order chi connectivity index (χ1) is 10.1. The van der Waals surface area contributed by atoms with Gasteiger partial charge in [0.2, 0.25) is 4.77 Å². The summed E-state index contributed by atoms with van der Waals surface area (Å²) in [4.78, 5) is 5.88. The van der Waals surface area contributed by atoms with E-state index in [1.165, 1.54) is 10.5 Å². The van der Waals surface area contributed by atoms with Gasteiger partial charge in [-0.3, -0.25) is 5.10 Å². The topological polar surface area (TPSA) is 58.3 Å². The molecule has 0 aliphatic carbocycles. The van der Waals surface area contributed by atoms with Crippen molar-refractivity contribution >= 4 is 12.2 Å². The summed E-state index contributed by atoms with van der Waals surface area (Å²) < 4.78 is 2.52. The predicted molar refractivity (Wildman–Crippen MR) is 83.5 cm³/mol. The molecule has 1 aliphatic heterocycles. The second-order valence-electron chi connectivity index (χ2n) is 5.79. The average Bonchev–Trinajstić information content (AvgIpc) is 2.83. The molecule has 112 valence electrons. The molecule has 6 heteroatoms. The lowest BCUT2D eigenvalue weighted by molar-refractivity contribution is -0.929. The Bertz CT molecular complexity index is 653. The van der Waals surface area contributed by atoms with Crippen molar-refractivity contribution in [1.82, 2.24) is 14.8 Å². The standard InChI is InChI=1S/C15H20N4OS/c1-11-2-4-12(5-3-11)14-16-15(21)19(17-14)10-18-8-6-13(20)7-9-18/h2-5,13,20H,6-10H2,1H3,(H,16,17,21)/p+1. The highest BCUT2D eigenvalue weighted by Gasteiger charge is 2.20. The number of piperidine rings is 1. The minimum Gasteiger partial charge on any atom is -0.393 e. The Morgan fingerprint density at radius 1 is 1.33 bits per heavy atom. The maximum atomic E-state index is 9.56. The predicted octanol–water partition coefficient (Wildman–Crippen LogP) is 0.913. The lowest BCUT2D eigenvalue weighted by Gasteiger charge is -2.26. The maximum absolute atomic E-state index is 9.56. The average molecular weight is 305 g/mol. The summed E-state index contributed by atoms with van der Waals surface area (Å²) in [5.41, 5.74) is 2.28. The van der Waals surface area contributed by atoms with Crippen molar-refractivity contribution in [3.05, 3.63) is 34.6 Å². The number of aromatic amines is 1. The number of hydrogen-bond acceptors (Lipinski definition) is 3. The van der Waals surface area contributed by atoms with E-state index < -0.39 is 0 Å². The van der Waals surface area contributed by atoms with Crippen molar-refractivity contribution in [3.8, 4) is 11.4 Å². The third kappa shape index (κ3) is 3.40. The van der Waals surface area contributed by atoms with Crippen LogP contribution in [0.4, 0.5) is 0 Å². The number of nitrogens with one attached hydrogen (secondary N) is 2. The quantitative estimate of drug-likeness (QED) is 0.739. The van der Waals surface area contributed by atoms with Crippen molar-refractivity contribution in [1.29, 1.82) is 0 Å². The number of likely N-dealkylation sites (tertiary alicyclic amines) is 1. The first-order valence-corrected chi connectivity index (χ1v) is 7.78. The molecule has 0 spiro atoms. The van der Waals surface area contributed by atoms with E-state index in [1.807, 2.05) is 4.68 Å². The molecule has 2 aromatic rings. The fourth-order valence-electron chi connectivity index (χ4n) is 2.70. The van der Waals surface area contributed by atoms with E-state index in [-0.39, 0.29) is 6.10 Å². The van der Waals surface area contributed by atoms with Crippen LogP contribution in [0, 0.1) is 11.7 Å². The number of aromatic nitrogens is 3. The molecular formula is C15H21N4OS+. The Hall–Kier alpha value is -1.50. The van der Waals surface area contributed by atoms with Gasteiger partial charge in [-0.25, -0.2) is 4.68 Å². The molecule has 1 fully saturated rings. The zero-order valence-corrected chi connectivity index (χ0v) is 13.0. The van der Waals surface area contributed by atoms with Gasteiger partial charge in [-0.15, -0.1) is 0 Å². The van der Waals surface area contributed by atoms with Crippen molar-refractivity contribution in [3.63, 3.8) is 0 Å². The largest absolute Gasteiger partial charge is 0.393 e. The summed E-state index contributed by atoms with van der Waals surface area (Å²) in [5, 5.41) is 12.9. The monoisotopic (exact) mass is 305 g/mol. The molecule has 2 heterocycles. The Balaban J connectivity index is 1.75. The number of hydrogen-bond donors (Lipinski definition) is 3. The van der Waals surface area contributed by atoms with Gasteiger partial charge in [0, 0.05) is 18.4 Å². The van der Waals surface area contributed by atoms with Crippen molar-refractivity contribution in [2.24, 2.45) is 0 Å². The summed E-state index contributed by atoms with van der Waals surface area (Å²) in [6.07, 6.45) is 1.59. The number of benzene rings is 1. The van der Waals surface area contributed by atoms with Crippen LogP contribution in [0.15, 0.2) is 24.3 Å². The van der Waals surface area contributed by atoms with Crippen LogP contribution in [0.2, 0.25) is 0 Å². The van der Waals surface area contributed by atoms with Gasteiger partial charge in [0.05, 0.1) is 19.2 Å². The van der Waals surface area contributed by atoms with Gasteiger partial charge in [0.1, 0.15) is 0 Å². The SMILES string of the molecule is Cc1ccc(-c2nc(=S)n(C[NH+]3CCC(O)CC3)[nH]2)cc1. The molecule has 3 N–H and O–H groups in total. The van der Waals surface area contributed by atoms with Crippen LogP contribution < -0.4 is 4.90 Å². The third-order valence-electron chi connectivity index (χ3n) is 4.05. The smallest absolute Gasteiger partial charge is 0.221 e. The number of H-pyrrole nitrogens is 1. The molecule has 5 nitrogen and oxygen atoms in total. The first kappa shape index (κ1) is 14.4. The zero-order chi connectivity index (χ0) is 14.8. The Morgan fingerprint density at radius 2 is 2.00 bits per heavy atom. The van der Waals surface area contributed by atoms with Gasteiger partial charge in [0.25, 0.3) is 0 Å². The Morgan fingerprint density at radius 3 is 2.67 bits per heavy atom. The highest BCUT2D eigenvalue weighted by molar-refractivity contribution is 7.71. The van der Waals surface area contributed by atoms with E-state index in [4.69, 9.17) is 12.2 Å². The van der Waals surface area contributed by atoms with Crippen LogP contribution in [0.1, 0.15) is 18.4 Å². The minimum absolute atomic E-state index is 0.133. The number of rotatable bonds is 3. The Kier molecular flexibility index (Phi) is 4.19. The molecule has 1 aliphatic rings. The van der Waals surface area contributed by atoms with Crippen LogP contribution in [-0.4, -0.2) is 39.1 Å². The molecule has 1 aromatic carbocycles. The molecule has 0 radical (unpaired) electrons. The summed E-state index contributed by atoms with van der Waals surface area (Å²) in [7, 11) is 0. The van der Waals surface area contributed by atoms with E-state index >= 15 is 0 Å². The van der Waals surface area contributed by atoms with Crippen LogP contribution in [0.5, 0.6) is 0 Å². The molecule has 0 atom stereocenters. The van der Waals surface area contributed by atoms with Gasteiger partial charge >= 0.3 is 0 Å². The van der Waals surface area contributed by atoms with E-state index in [2.05, 4.69) is 41.3 Å². The minimum atomic E-state index is -0.133. The zero-order valence-electron chi connectivity index (χ0n) is 12.2. The molecule has 0 amide bonds. The lowest BCUT2D eigenvalue weighted by Crippen LogP contribution is -3.12. The van der Waals surface area contributed by atoms with Crippen molar-refractivity contribution in [2.45, 2.75) is 32.5 Å². The molecule has 21 heavy (non-hydrogen) atoms. The van der Waals surface area contributed by atoms with Crippen molar-refractivity contribution < 1.29 is 10.0 Å². The number of aliphatic hydroxyl groups is 1.